The minimum absolute atomic E-state index is 0.112. The number of anilines is 1. The summed E-state index contributed by atoms with van der Waals surface area (Å²) in [5.74, 6) is 0.439. The molecule has 1 aliphatic carbocycles. The second kappa shape index (κ2) is 6.21. The fourth-order valence-corrected chi connectivity index (χ4v) is 4.18. The molecule has 2 unspecified atom stereocenters. The monoisotopic (exact) mass is 314 g/mol. The third kappa shape index (κ3) is 3.14. The average molecular weight is 314 g/mol. The second-order valence-electron chi connectivity index (χ2n) is 5.34. The van der Waals surface area contributed by atoms with Crippen LogP contribution in [0.15, 0.2) is 23.1 Å². The summed E-state index contributed by atoms with van der Waals surface area (Å²) < 4.78 is 31.6. The molecule has 1 saturated carbocycles. The van der Waals surface area contributed by atoms with Gasteiger partial charge in [0, 0.05) is 7.05 Å². The number of nitrogens with zero attached hydrogens (tertiary/aromatic N) is 1. The molecule has 0 amide bonds. The van der Waals surface area contributed by atoms with E-state index in [2.05, 4.69) is 0 Å². The Kier molecular flexibility index (Phi) is 4.75. The fraction of sp³-hybridized carbons (Fsp3) is 0.571. The lowest BCUT2D eigenvalue weighted by molar-refractivity contribution is 0.0638. The van der Waals surface area contributed by atoms with E-state index in [9.17, 15) is 13.5 Å². The van der Waals surface area contributed by atoms with E-state index >= 15 is 0 Å². The maximum Gasteiger partial charge on any atom is 0.243 e. The summed E-state index contributed by atoms with van der Waals surface area (Å²) in [6.45, 7) is 0. The van der Waals surface area contributed by atoms with Crippen molar-refractivity contribution in [3.05, 3.63) is 18.2 Å². The van der Waals surface area contributed by atoms with Crippen LogP contribution in [0.25, 0.3) is 0 Å². The smallest absolute Gasteiger partial charge is 0.243 e. The van der Waals surface area contributed by atoms with Crippen LogP contribution in [-0.4, -0.2) is 44.1 Å². The van der Waals surface area contributed by atoms with E-state index in [1.165, 1.54) is 36.7 Å². The minimum Gasteiger partial charge on any atom is -0.495 e. The molecule has 2 rings (SSSR count). The van der Waals surface area contributed by atoms with Crippen LogP contribution in [0.3, 0.4) is 0 Å². The number of hydrogen-bond acceptors (Lipinski definition) is 5. The Morgan fingerprint density at radius 2 is 2.00 bits per heavy atom. The molecule has 6 nitrogen and oxygen atoms in total. The number of nitrogen functional groups attached to an aromatic ring is 1. The Hall–Kier alpha value is -1.31. The van der Waals surface area contributed by atoms with Crippen molar-refractivity contribution >= 4 is 15.7 Å². The molecular formula is C14H22N2O4S. The molecule has 0 aromatic heterocycles. The van der Waals surface area contributed by atoms with Crippen molar-refractivity contribution in [3.8, 4) is 5.75 Å². The first-order chi connectivity index (χ1) is 9.87. The lowest BCUT2D eigenvalue weighted by atomic mass is 9.93. The van der Waals surface area contributed by atoms with Crippen molar-refractivity contribution in [2.75, 3.05) is 19.9 Å². The van der Waals surface area contributed by atoms with Crippen LogP contribution < -0.4 is 10.5 Å². The van der Waals surface area contributed by atoms with Crippen LogP contribution in [0.4, 0.5) is 5.69 Å². The number of nitrogens with two attached hydrogens (primary N) is 1. The number of methoxy groups -OCH3 is 1. The van der Waals surface area contributed by atoms with Crippen LogP contribution in [-0.2, 0) is 10.0 Å². The first-order valence-electron chi connectivity index (χ1n) is 6.97. The molecule has 0 spiro atoms. The number of benzene rings is 1. The van der Waals surface area contributed by atoms with Gasteiger partial charge in [-0.05, 0) is 31.0 Å². The topological polar surface area (TPSA) is 92.9 Å². The van der Waals surface area contributed by atoms with Gasteiger partial charge in [0.2, 0.25) is 10.0 Å². The summed E-state index contributed by atoms with van der Waals surface area (Å²) in [6.07, 6.45) is 2.54. The fourth-order valence-electron chi connectivity index (χ4n) is 2.73. The van der Waals surface area contributed by atoms with E-state index in [0.717, 1.165) is 12.8 Å². The third-order valence-corrected chi connectivity index (χ3v) is 5.92. The molecule has 21 heavy (non-hydrogen) atoms. The van der Waals surface area contributed by atoms with Crippen LogP contribution in [0.1, 0.15) is 25.7 Å². The standard InChI is InChI=1S/C14H22N2O4S/c1-16(12-5-3-4-6-13(12)17)21(18,19)10-7-8-14(20-2)11(15)9-10/h7-9,12-13,17H,3-6,15H2,1-2H3. The van der Waals surface area contributed by atoms with E-state index in [4.69, 9.17) is 10.5 Å². The highest BCUT2D eigenvalue weighted by atomic mass is 32.2. The molecule has 0 saturated heterocycles. The SMILES string of the molecule is COc1ccc(S(=O)(=O)N(C)C2CCCCC2O)cc1N. The average Bonchev–Trinajstić information content (AvgIpc) is 2.47. The first kappa shape index (κ1) is 16.1. The van der Waals surface area contributed by atoms with E-state index < -0.39 is 16.1 Å². The minimum atomic E-state index is -3.68. The molecule has 0 heterocycles. The Labute approximate surface area is 125 Å². The van der Waals surface area contributed by atoms with Gasteiger partial charge in [-0.25, -0.2) is 8.42 Å². The molecule has 0 aliphatic heterocycles. The predicted octanol–water partition coefficient (Wildman–Crippen LogP) is 1.20. The zero-order valence-electron chi connectivity index (χ0n) is 12.3. The first-order valence-corrected chi connectivity index (χ1v) is 8.41. The number of hydrogen-bond donors (Lipinski definition) is 2. The molecule has 7 heteroatoms. The maximum atomic E-state index is 12.6. The summed E-state index contributed by atoms with van der Waals surface area (Å²) in [5.41, 5.74) is 6.05. The number of rotatable bonds is 4. The normalized spacial score (nSPS) is 23.2. The van der Waals surface area contributed by atoms with Crippen molar-refractivity contribution in [1.29, 1.82) is 0 Å². The summed E-state index contributed by atoms with van der Waals surface area (Å²) in [7, 11) is -0.696. The third-order valence-electron chi connectivity index (χ3n) is 4.04. The van der Waals surface area contributed by atoms with Gasteiger partial charge in [0.25, 0.3) is 0 Å². The van der Waals surface area contributed by atoms with Crippen molar-refractivity contribution in [2.24, 2.45) is 0 Å². The summed E-state index contributed by atoms with van der Waals surface area (Å²) in [5, 5.41) is 10.0. The lowest BCUT2D eigenvalue weighted by Crippen LogP contribution is -2.46. The number of sulfonamides is 1. The Bertz CT molecular complexity index is 603. The van der Waals surface area contributed by atoms with Crippen LogP contribution in [0.5, 0.6) is 5.75 Å². The number of aliphatic hydroxyl groups excluding tert-OH is 1. The number of likely N-dealkylation sites (N-methyl/N-ethyl adjacent to an activating group) is 1. The van der Waals surface area contributed by atoms with E-state index in [-0.39, 0.29) is 16.6 Å². The van der Waals surface area contributed by atoms with Gasteiger partial charge in [-0.1, -0.05) is 12.8 Å². The van der Waals surface area contributed by atoms with Gasteiger partial charge in [0.1, 0.15) is 5.75 Å². The van der Waals surface area contributed by atoms with Gasteiger partial charge in [0.15, 0.2) is 0 Å². The van der Waals surface area contributed by atoms with Crippen molar-refractivity contribution in [3.63, 3.8) is 0 Å². The van der Waals surface area contributed by atoms with Gasteiger partial charge in [0.05, 0.1) is 29.8 Å². The van der Waals surface area contributed by atoms with Gasteiger partial charge >= 0.3 is 0 Å². The number of ether oxygens (including phenoxy) is 1. The maximum absolute atomic E-state index is 12.6. The van der Waals surface area contributed by atoms with Gasteiger partial charge in [-0.3, -0.25) is 0 Å². The van der Waals surface area contributed by atoms with Crippen molar-refractivity contribution < 1.29 is 18.3 Å². The molecule has 2 atom stereocenters. The highest BCUT2D eigenvalue weighted by Gasteiger charge is 2.34. The highest BCUT2D eigenvalue weighted by molar-refractivity contribution is 7.89. The predicted molar refractivity (Wildman–Crippen MR) is 80.6 cm³/mol. The van der Waals surface area contributed by atoms with E-state index in [1.54, 1.807) is 0 Å². The molecule has 1 aliphatic rings. The zero-order chi connectivity index (χ0) is 15.6. The zero-order valence-corrected chi connectivity index (χ0v) is 13.1. The molecule has 3 N–H and O–H groups in total. The molecule has 1 aromatic rings. The highest BCUT2D eigenvalue weighted by Crippen LogP contribution is 2.30. The molecule has 1 aromatic carbocycles. The largest absolute Gasteiger partial charge is 0.495 e. The molecule has 1 fully saturated rings. The summed E-state index contributed by atoms with van der Waals surface area (Å²) in [6, 6.07) is 4.01. The Morgan fingerprint density at radius 3 is 2.57 bits per heavy atom. The number of aliphatic hydroxyl groups is 1. The lowest BCUT2D eigenvalue weighted by Gasteiger charge is -2.34. The summed E-state index contributed by atoms with van der Waals surface area (Å²) >= 11 is 0. The van der Waals surface area contributed by atoms with Crippen molar-refractivity contribution in [2.45, 2.75) is 42.7 Å². The van der Waals surface area contributed by atoms with Crippen LogP contribution in [0.2, 0.25) is 0 Å². The van der Waals surface area contributed by atoms with Crippen LogP contribution >= 0.6 is 0 Å². The van der Waals surface area contributed by atoms with Crippen LogP contribution in [0, 0.1) is 0 Å². The molecule has 118 valence electrons. The summed E-state index contributed by atoms with van der Waals surface area (Å²) in [4.78, 5) is 0.112. The van der Waals surface area contributed by atoms with E-state index in [0.29, 0.717) is 18.6 Å². The Morgan fingerprint density at radius 1 is 1.33 bits per heavy atom. The second-order valence-corrected chi connectivity index (χ2v) is 7.34. The molecule has 0 radical (unpaired) electrons. The Balaban J connectivity index is 2.30. The van der Waals surface area contributed by atoms with E-state index in [1.807, 2.05) is 0 Å². The van der Waals surface area contributed by atoms with Gasteiger partial charge < -0.3 is 15.6 Å². The molecule has 0 bridgehead atoms. The van der Waals surface area contributed by atoms with Crippen molar-refractivity contribution in [1.82, 2.24) is 4.31 Å². The van der Waals surface area contributed by atoms with Gasteiger partial charge in [-0.15, -0.1) is 0 Å². The van der Waals surface area contributed by atoms with Gasteiger partial charge in [-0.2, -0.15) is 4.31 Å². The quantitative estimate of drug-likeness (QED) is 0.815. The molecular weight excluding hydrogens is 292 g/mol.